The van der Waals surface area contributed by atoms with Crippen molar-refractivity contribution in [2.75, 3.05) is 30.3 Å². The number of rotatable bonds is 6. The first kappa shape index (κ1) is 17.2. The molecule has 3 heterocycles. The number of hydrogen-bond acceptors (Lipinski definition) is 6. The molecule has 1 aliphatic rings. The summed E-state index contributed by atoms with van der Waals surface area (Å²) in [6.07, 6.45) is 4.13. The minimum atomic E-state index is 0.0859. The van der Waals surface area contributed by atoms with Crippen LogP contribution in [0.5, 0.6) is 0 Å². The predicted octanol–water partition coefficient (Wildman–Crippen LogP) is 2.97. The zero-order valence-electron chi connectivity index (χ0n) is 13.8. The Morgan fingerprint density at radius 1 is 1.50 bits per heavy atom. The van der Waals surface area contributed by atoms with Crippen LogP contribution >= 0.6 is 23.1 Å². The molecule has 0 radical (unpaired) electrons. The lowest BCUT2D eigenvalue weighted by molar-refractivity contribution is -0.118. The molecule has 24 heavy (non-hydrogen) atoms. The minimum absolute atomic E-state index is 0.0859. The fourth-order valence-electron chi connectivity index (χ4n) is 2.82. The zero-order chi connectivity index (χ0) is 16.8. The molecule has 2 aromatic heterocycles. The maximum Gasteiger partial charge on any atom is 0.230 e. The van der Waals surface area contributed by atoms with E-state index in [2.05, 4.69) is 20.2 Å². The highest BCUT2D eigenvalue weighted by atomic mass is 32.2. The molecule has 1 N–H and O–H groups in total. The van der Waals surface area contributed by atoms with E-state index in [1.165, 1.54) is 11.8 Å². The summed E-state index contributed by atoms with van der Waals surface area (Å²) < 4.78 is 0.960. The first-order valence-electron chi connectivity index (χ1n) is 8.18. The molecular weight excluding hydrogens is 340 g/mol. The second kappa shape index (κ2) is 8.48. The Morgan fingerprint density at radius 3 is 3.17 bits per heavy atom. The smallest absolute Gasteiger partial charge is 0.230 e. The largest absolute Gasteiger partial charge is 0.356 e. The number of hydrogen-bond donors (Lipinski definition) is 1. The molecule has 0 aromatic carbocycles. The number of thiazole rings is 1. The number of thioether (sulfide) groups is 1. The van der Waals surface area contributed by atoms with Crippen LogP contribution in [0.4, 0.5) is 5.82 Å². The molecule has 128 valence electrons. The quantitative estimate of drug-likeness (QED) is 0.801. The van der Waals surface area contributed by atoms with Gasteiger partial charge in [-0.1, -0.05) is 17.8 Å². The van der Waals surface area contributed by atoms with Crippen LogP contribution in [0.3, 0.4) is 0 Å². The molecule has 0 aliphatic carbocycles. The fourth-order valence-corrected chi connectivity index (χ4v) is 4.49. The first-order valence-corrected chi connectivity index (χ1v) is 10.0. The SMILES string of the molecule is Cc1csc(SCC(=O)NCC2CCCN(c3ccccn3)C2)n1. The number of carbonyl (C=O) groups excluding carboxylic acids is 1. The molecule has 1 unspecified atom stereocenters. The van der Waals surface area contributed by atoms with Crippen molar-refractivity contribution in [3.05, 3.63) is 35.5 Å². The van der Waals surface area contributed by atoms with Gasteiger partial charge in [0.2, 0.25) is 5.91 Å². The van der Waals surface area contributed by atoms with Crippen LogP contribution in [0.15, 0.2) is 34.1 Å². The lowest BCUT2D eigenvalue weighted by Crippen LogP contribution is -2.41. The van der Waals surface area contributed by atoms with Gasteiger partial charge in [0.25, 0.3) is 0 Å². The van der Waals surface area contributed by atoms with Crippen molar-refractivity contribution in [2.24, 2.45) is 5.92 Å². The monoisotopic (exact) mass is 362 g/mol. The van der Waals surface area contributed by atoms with Crippen LogP contribution < -0.4 is 10.2 Å². The molecule has 1 amide bonds. The standard InChI is InChI=1S/C17H22N4OS2/c1-13-11-23-17(20-13)24-12-16(22)19-9-14-5-4-8-21(10-14)15-6-2-3-7-18-15/h2-3,6-7,11,14H,4-5,8-10,12H2,1H3,(H,19,22). The number of carbonyl (C=O) groups is 1. The summed E-state index contributed by atoms with van der Waals surface area (Å²) in [6, 6.07) is 6.01. The first-order chi connectivity index (χ1) is 11.7. The summed E-state index contributed by atoms with van der Waals surface area (Å²) in [6.45, 7) is 4.70. The van der Waals surface area contributed by atoms with E-state index in [-0.39, 0.29) is 5.91 Å². The van der Waals surface area contributed by atoms with E-state index in [4.69, 9.17) is 0 Å². The summed E-state index contributed by atoms with van der Waals surface area (Å²) in [4.78, 5) is 23.1. The predicted molar refractivity (Wildman–Crippen MR) is 99.8 cm³/mol. The maximum atomic E-state index is 12.0. The van der Waals surface area contributed by atoms with Gasteiger partial charge in [0.1, 0.15) is 5.82 Å². The number of aromatic nitrogens is 2. The summed E-state index contributed by atoms with van der Waals surface area (Å²) in [7, 11) is 0. The Labute approximate surface area is 150 Å². The number of aryl methyl sites for hydroxylation is 1. The zero-order valence-corrected chi connectivity index (χ0v) is 15.4. The van der Waals surface area contributed by atoms with Crippen LogP contribution in [0.1, 0.15) is 18.5 Å². The van der Waals surface area contributed by atoms with Crippen molar-refractivity contribution in [1.29, 1.82) is 0 Å². The van der Waals surface area contributed by atoms with E-state index in [0.717, 1.165) is 48.3 Å². The second-order valence-corrected chi connectivity index (χ2v) is 8.07. The molecule has 1 aliphatic heterocycles. The van der Waals surface area contributed by atoms with Crippen molar-refractivity contribution in [1.82, 2.24) is 15.3 Å². The number of piperidine rings is 1. The molecule has 0 saturated carbocycles. The fraction of sp³-hybridized carbons (Fsp3) is 0.471. The lowest BCUT2D eigenvalue weighted by atomic mass is 9.98. The highest BCUT2D eigenvalue weighted by molar-refractivity contribution is 8.01. The van der Waals surface area contributed by atoms with Gasteiger partial charge in [-0.05, 0) is 37.8 Å². The number of anilines is 1. The third-order valence-corrected chi connectivity index (χ3v) is 6.14. The number of nitrogens with one attached hydrogen (secondary N) is 1. The summed E-state index contributed by atoms with van der Waals surface area (Å²) >= 11 is 3.10. The lowest BCUT2D eigenvalue weighted by Gasteiger charge is -2.33. The van der Waals surface area contributed by atoms with Crippen molar-refractivity contribution in [2.45, 2.75) is 24.1 Å². The minimum Gasteiger partial charge on any atom is -0.356 e. The van der Waals surface area contributed by atoms with E-state index in [9.17, 15) is 4.79 Å². The van der Waals surface area contributed by atoms with Gasteiger partial charge in [-0.15, -0.1) is 11.3 Å². The average Bonchev–Trinajstić information content (AvgIpc) is 3.04. The normalized spacial score (nSPS) is 17.7. The van der Waals surface area contributed by atoms with E-state index in [1.54, 1.807) is 11.3 Å². The van der Waals surface area contributed by atoms with Crippen LogP contribution in [0.25, 0.3) is 0 Å². The topological polar surface area (TPSA) is 58.1 Å². The van der Waals surface area contributed by atoms with Gasteiger partial charge in [0.15, 0.2) is 4.34 Å². The van der Waals surface area contributed by atoms with E-state index in [1.807, 2.05) is 36.7 Å². The maximum absolute atomic E-state index is 12.0. The molecule has 3 rings (SSSR count). The van der Waals surface area contributed by atoms with Crippen molar-refractivity contribution in [3.8, 4) is 0 Å². The molecule has 5 nitrogen and oxygen atoms in total. The van der Waals surface area contributed by atoms with Gasteiger partial charge in [-0.2, -0.15) is 0 Å². The summed E-state index contributed by atoms with van der Waals surface area (Å²) in [5, 5.41) is 5.08. The van der Waals surface area contributed by atoms with E-state index < -0.39 is 0 Å². The molecule has 1 atom stereocenters. The third kappa shape index (κ3) is 4.95. The second-order valence-electron chi connectivity index (χ2n) is 5.99. The molecule has 0 spiro atoms. The Hall–Kier alpha value is -1.60. The van der Waals surface area contributed by atoms with Crippen LogP contribution in [0.2, 0.25) is 0 Å². The van der Waals surface area contributed by atoms with Crippen LogP contribution in [-0.4, -0.2) is 41.3 Å². The average molecular weight is 363 g/mol. The van der Waals surface area contributed by atoms with Gasteiger partial charge in [0.05, 0.1) is 5.75 Å². The molecule has 1 fully saturated rings. The molecule has 2 aromatic rings. The van der Waals surface area contributed by atoms with E-state index in [0.29, 0.717) is 11.7 Å². The van der Waals surface area contributed by atoms with Gasteiger partial charge in [-0.3, -0.25) is 4.79 Å². The molecule has 0 bridgehead atoms. The van der Waals surface area contributed by atoms with E-state index >= 15 is 0 Å². The number of nitrogens with zero attached hydrogens (tertiary/aromatic N) is 3. The molecular formula is C17H22N4OS2. The molecule has 7 heteroatoms. The van der Waals surface area contributed by atoms with Gasteiger partial charge >= 0.3 is 0 Å². The van der Waals surface area contributed by atoms with Gasteiger partial charge in [-0.25, -0.2) is 9.97 Å². The highest BCUT2D eigenvalue weighted by Crippen LogP contribution is 2.23. The van der Waals surface area contributed by atoms with Crippen LogP contribution in [0, 0.1) is 12.8 Å². The highest BCUT2D eigenvalue weighted by Gasteiger charge is 2.21. The Kier molecular flexibility index (Phi) is 6.09. The van der Waals surface area contributed by atoms with Gasteiger partial charge in [0, 0.05) is 36.9 Å². The van der Waals surface area contributed by atoms with Crippen molar-refractivity contribution < 1.29 is 4.79 Å². The summed E-state index contributed by atoms with van der Waals surface area (Å²) in [5.74, 6) is 2.03. The Bertz CT molecular complexity index is 662. The van der Waals surface area contributed by atoms with Crippen LogP contribution in [-0.2, 0) is 4.79 Å². The summed E-state index contributed by atoms with van der Waals surface area (Å²) in [5.41, 5.74) is 1.01. The van der Waals surface area contributed by atoms with Crippen molar-refractivity contribution in [3.63, 3.8) is 0 Å². The molecule has 1 saturated heterocycles. The Morgan fingerprint density at radius 2 is 2.42 bits per heavy atom. The van der Waals surface area contributed by atoms with Crippen molar-refractivity contribution >= 4 is 34.8 Å². The third-order valence-electron chi connectivity index (χ3n) is 4.00. The number of amides is 1. The van der Waals surface area contributed by atoms with Gasteiger partial charge < -0.3 is 10.2 Å². The Balaban J connectivity index is 1.41. The number of pyridine rings is 1.